The van der Waals surface area contributed by atoms with Crippen LogP contribution in [0.4, 0.5) is 11.4 Å². The lowest BCUT2D eigenvalue weighted by atomic mass is 10.1. The molecule has 0 unspecified atom stereocenters. The summed E-state index contributed by atoms with van der Waals surface area (Å²) in [6.07, 6.45) is 0.0905. The Hall–Kier alpha value is -2.64. The fourth-order valence-corrected chi connectivity index (χ4v) is 4.29. The van der Waals surface area contributed by atoms with Crippen molar-refractivity contribution in [2.24, 2.45) is 4.99 Å². The van der Waals surface area contributed by atoms with Crippen molar-refractivity contribution in [2.75, 3.05) is 25.6 Å². The number of carbonyl (C=O) groups is 2. The third kappa shape index (κ3) is 5.29. The van der Waals surface area contributed by atoms with E-state index in [0.29, 0.717) is 18.3 Å². The summed E-state index contributed by atoms with van der Waals surface area (Å²) in [5, 5.41) is 3.01. The lowest BCUT2D eigenvalue weighted by Crippen LogP contribution is -2.35. The fourth-order valence-electron chi connectivity index (χ4n) is 3.10. The predicted molar refractivity (Wildman–Crippen MR) is 122 cm³/mol. The molecule has 30 heavy (non-hydrogen) atoms. The molecule has 0 aromatic heterocycles. The van der Waals surface area contributed by atoms with Crippen LogP contribution in [0.5, 0.6) is 0 Å². The first-order valence-electron chi connectivity index (χ1n) is 9.87. The number of thioether (sulfide) groups is 1. The smallest absolute Gasteiger partial charge is 0.242 e. The van der Waals surface area contributed by atoms with Gasteiger partial charge in [-0.3, -0.25) is 14.5 Å². The Bertz CT molecular complexity index is 974. The number of rotatable bonds is 7. The molecule has 3 rings (SSSR count). The van der Waals surface area contributed by atoms with Crippen LogP contribution in [-0.2, 0) is 14.3 Å². The van der Waals surface area contributed by atoms with E-state index in [1.165, 1.54) is 17.3 Å². The van der Waals surface area contributed by atoms with Gasteiger partial charge in [0.2, 0.25) is 11.8 Å². The van der Waals surface area contributed by atoms with E-state index in [2.05, 4.69) is 5.32 Å². The van der Waals surface area contributed by atoms with Crippen molar-refractivity contribution in [3.8, 4) is 0 Å². The van der Waals surface area contributed by atoms with Crippen molar-refractivity contribution >= 4 is 40.1 Å². The molecule has 1 atom stereocenters. The predicted octanol–water partition coefficient (Wildman–Crippen LogP) is 4.22. The third-order valence-corrected chi connectivity index (χ3v) is 6.22. The second-order valence-corrected chi connectivity index (χ2v) is 8.49. The molecule has 1 fully saturated rings. The molecule has 6 nitrogen and oxygen atoms in total. The monoisotopic (exact) mass is 425 g/mol. The van der Waals surface area contributed by atoms with Gasteiger partial charge in [-0.1, -0.05) is 36.0 Å². The molecule has 0 spiro atoms. The van der Waals surface area contributed by atoms with Crippen LogP contribution in [0.15, 0.2) is 47.5 Å². The highest BCUT2D eigenvalue weighted by molar-refractivity contribution is 8.15. The maximum absolute atomic E-state index is 13.0. The van der Waals surface area contributed by atoms with Crippen LogP contribution >= 0.6 is 11.8 Å². The normalized spacial score (nSPS) is 17.6. The first kappa shape index (κ1) is 22.1. The van der Waals surface area contributed by atoms with Crippen LogP contribution in [0.3, 0.4) is 0 Å². The van der Waals surface area contributed by atoms with Crippen molar-refractivity contribution < 1.29 is 14.3 Å². The van der Waals surface area contributed by atoms with E-state index < -0.39 is 5.25 Å². The molecular formula is C23H27N3O3S. The second-order valence-electron chi connectivity index (χ2n) is 7.32. The van der Waals surface area contributed by atoms with Gasteiger partial charge in [0, 0.05) is 19.2 Å². The number of nitrogens with zero attached hydrogens (tertiary/aromatic N) is 2. The maximum Gasteiger partial charge on any atom is 0.242 e. The minimum atomic E-state index is -0.504. The van der Waals surface area contributed by atoms with Crippen molar-refractivity contribution in [3.63, 3.8) is 0 Å². The summed E-state index contributed by atoms with van der Waals surface area (Å²) < 4.78 is 5.16. The molecule has 0 radical (unpaired) electrons. The van der Waals surface area contributed by atoms with E-state index in [1.54, 1.807) is 12.0 Å². The largest absolute Gasteiger partial charge is 0.383 e. The Kier molecular flexibility index (Phi) is 7.29. The fraction of sp³-hybridized carbons (Fsp3) is 0.348. The Labute approximate surface area is 181 Å². The van der Waals surface area contributed by atoms with E-state index in [1.807, 2.05) is 63.2 Å². The van der Waals surface area contributed by atoms with Crippen LogP contribution in [0.25, 0.3) is 0 Å². The molecule has 2 amide bonds. The summed E-state index contributed by atoms with van der Waals surface area (Å²) in [5.41, 5.74) is 4.87. The zero-order chi connectivity index (χ0) is 21.7. The number of carbonyl (C=O) groups excluding carboxylic acids is 2. The van der Waals surface area contributed by atoms with Gasteiger partial charge in [-0.25, -0.2) is 4.99 Å². The number of hydrogen-bond donors (Lipinski definition) is 1. The second kappa shape index (κ2) is 9.91. The number of hydrogen-bond acceptors (Lipinski definition) is 5. The van der Waals surface area contributed by atoms with Crippen molar-refractivity contribution in [3.05, 3.63) is 59.2 Å². The standard InChI is InChI=1S/C23H27N3O3S/c1-15-9-10-18(13-17(15)3)24-23-26(11-12-29-4)22(28)20(30-23)14-21(27)25-19-8-6-5-7-16(19)2/h5-10,13,20H,11-12,14H2,1-4H3,(H,25,27)/t20-/m0/s1. The molecule has 158 valence electrons. The summed E-state index contributed by atoms with van der Waals surface area (Å²) in [6, 6.07) is 13.5. The van der Waals surface area contributed by atoms with E-state index in [9.17, 15) is 9.59 Å². The van der Waals surface area contributed by atoms with Crippen LogP contribution in [0.1, 0.15) is 23.1 Å². The molecular weight excluding hydrogens is 398 g/mol. The van der Waals surface area contributed by atoms with Gasteiger partial charge in [0.05, 0.1) is 18.8 Å². The first-order valence-corrected chi connectivity index (χ1v) is 10.8. The highest BCUT2D eigenvalue weighted by atomic mass is 32.2. The number of aryl methyl sites for hydroxylation is 3. The highest BCUT2D eigenvalue weighted by Gasteiger charge is 2.39. The number of anilines is 1. The number of para-hydroxylation sites is 1. The van der Waals surface area contributed by atoms with Gasteiger partial charge in [-0.2, -0.15) is 0 Å². The molecule has 0 saturated carbocycles. The Morgan fingerprint density at radius 1 is 1.13 bits per heavy atom. The van der Waals surface area contributed by atoms with Gasteiger partial charge >= 0.3 is 0 Å². The molecule has 7 heteroatoms. The number of methoxy groups -OCH3 is 1. The van der Waals surface area contributed by atoms with Crippen LogP contribution in [0.2, 0.25) is 0 Å². The molecule has 1 aliphatic rings. The maximum atomic E-state index is 13.0. The van der Waals surface area contributed by atoms with Gasteiger partial charge < -0.3 is 10.1 Å². The number of amidine groups is 1. The summed E-state index contributed by atoms with van der Waals surface area (Å²) in [4.78, 5) is 31.9. The Balaban J connectivity index is 1.76. The van der Waals surface area contributed by atoms with E-state index in [-0.39, 0.29) is 18.2 Å². The van der Waals surface area contributed by atoms with Crippen LogP contribution in [-0.4, -0.2) is 47.4 Å². The van der Waals surface area contributed by atoms with Crippen LogP contribution < -0.4 is 5.32 Å². The average molecular weight is 426 g/mol. The van der Waals surface area contributed by atoms with Crippen molar-refractivity contribution in [1.29, 1.82) is 0 Å². The van der Waals surface area contributed by atoms with E-state index in [0.717, 1.165) is 22.5 Å². The quantitative estimate of drug-likeness (QED) is 0.721. The van der Waals surface area contributed by atoms with Gasteiger partial charge in [0.1, 0.15) is 5.25 Å². The van der Waals surface area contributed by atoms with E-state index in [4.69, 9.17) is 9.73 Å². The molecule has 0 aliphatic carbocycles. The van der Waals surface area contributed by atoms with Gasteiger partial charge in [0.25, 0.3) is 0 Å². The SMILES string of the molecule is COCCN1C(=O)[C@H](CC(=O)Nc2ccccc2C)SC1=Nc1ccc(C)c(C)c1. The summed E-state index contributed by atoms with van der Waals surface area (Å²) in [7, 11) is 1.60. The molecule has 0 bridgehead atoms. The highest BCUT2D eigenvalue weighted by Crippen LogP contribution is 2.32. The molecule has 1 aliphatic heterocycles. The molecule has 1 N–H and O–H groups in total. The van der Waals surface area contributed by atoms with Gasteiger partial charge in [0.15, 0.2) is 5.17 Å². The number of ether oxygens (including phenoxy) is 1. The zero-order valence-electron chi connectivity index (χ0n) is 17.8. The Morgan fingerprint density at radius 3 is 2.60 bits per heavy atom. The lowest BCUT2D eigenvalue weighted by Gasteiger charge is -2.16. The van der Waals surface area contributed by atoms with Gasteiger partial charge in [-0.05, 0) is 55.7 Å². The average Bonchev–Trinajstić information content (AvgIpc) is 2.99. The summed E-state index contributed by atoms with van der Waals surface area (Å²) in [6.45, 7) is 6.83. The van der Waals surface area contributed by atoms with Gasteiger partial charge in [-0.15, -0.1) is 0 Å². The molecule has 2 aromatic rings. The third-order valence-electron chi connectivity index (χ3n) is 5.04. The molecule has 2 aromatic carbocycles. The first-order chi connectivity index (χ1) is 14.4. The van der Waals surface area contributed by atoms with E-state index >= 15 is 0 Å². The number of amides is 2. The number of aliphatic imine (C=N–C) groups is 1. The van der Waals surface area contributed by atoms with Crippen LogP contribution in [0, 0.1) is 20.8 Å². The summed E-state index contributed by atoms with van der Waals surface area (Å²) in [5.74, 6) is -0.297. The lowest BCUT2D eigenvalue weighted by molar-refractivity contribution is -0.128. The summed E-state index contributed by atoms with van der Waals surface area (Å²) >= 11 is 1.34. The van der Waals surface area contributed by atoms with Crippen molar-refractivity contribution in [2.45, 2.75) is 32.4 Å². The minimum absolute atomic E-state index is 0.0905. The van der Waals surface area contributed by atoms with Crippen molar-refractivity contribution in [1.82, 2.24) is 4.90 Å². The Morgan fingerprint density at radius 2 is 1.90 bits per heavy atom. The topological polar surface area (TPSA) is 71.0 Å². The molecule has 1 heterocycles. The zero-order valence-corrected chi connectivity index (χ0v) is 18.6. The molecule has 1 saturated heterocycles. The number of nitrogens with one attached hydrogen (secondary N) is 1. The number of benzene rings is 2. The minimum Gasteiger partial charge on any atom is -0.383 e.